The van der Waals surface area contributed by atoms with E-state index in [9.17, 15) is 48.6 Å². The molecular formula is C74H90N6O17S3. The van der Waals surface area contributed by atoms with E-state index in [2.05, 4.69) is 16.8 Å². The van der Waals surface area contributed by atoms with Crippen molar-refractivity contribution in [2.45, 2.75) is 211 Å². The van der Waals surface area contributed by atoms with Crippen LogP contribution < -0.4 is 24.3 Å². The number of aliphatic hydroxyl groups excluding tert-OH is 2. The summed E-state index contributed by atoms with van der Waals surface area (Å²) >= 11 is 4.07. The second-order valence-electron chi connectivity index (χ2n) is 25.3. The summed E-state index contributed by atoms with van der Waals surface area (Å²) in [5, 5.41) is 57.1. The van der Waals surface area contributed by atoms with Gasteiger partial charge in [-0.3, -0.25) is 33.7 Å². The van der Waals surface area contributed by atoms with Crippen LogP contribution in [-0.4, -0.2) is 121 Å². The number of rotatable bonds is 31. The van der Waals surface area contributed by atoms with Gasteiger partial charge in [0.2, 0.25) is 35.2 Å². The van der Waals surface area contributed by atoms with Crippen molar-refractivity contribution in [2.75, 3.05) is 32.8 Å². The number of aromatic carboxylic acids is 1. The normalized spacial score (nSPS) is 18.9. The molecule has 536 valence electrons. The molecule has 100 heavy (non-hydrogen) atoms. The van der Waals surface area contributed by atoms with Crippen molar-refractivity contribution in [1.29, 1.82) is 0 Å². The lowest BCUT2D eigenvalue weighted by Crippen LogP contribution is -2.36. The number of hydrogen-bond acceptors (Lipinski definition) is 17. The number of unbranched alkanes of at least 4 members (excludes halogenated alkanes) is 4. The van der Waals surface area contributed by atoms with Gasteiger partial charge in [-0.05, 0) is 144 Å². The van der Waals surface area contributed by atoms with Gasteiger partial charge in [0.25, 0.3) is 0 Å². The number of thiazole rings is 1. The van der Waals surface area contributed by atoms with Crippen LogP contribution in [0.15, 0.2) is 108 Å². The molecule has 0 bridgehead atoms. The summed E-state index contributed by atoms with van der Waals surface area (Å²) in [6.45, 7) is 11.3. The second kappa shape index (κ2) is 38.8. The highest BCUT2D eigenvalue weighted by Gasteiger charge is 2.37. The average Bonchev–Trinajstić information content (AvgIpc) is 1.88. The zero-order valence-corrected chi connectivity index (χ0v) is 59.0. The molecule has 5 fully saturated rings. The first kappa shape index (κ1) is 77.2. The van der Waals surface area contributed by atoms with Crippen molar-refractivity contribution in [1.82, 2.24) is 4.98 Å². The molecule has 11 rings (SSSR count). The maximum Gasteiger partial charge on any atom is 0.347 e. The van der Waals surface area contributed by atoms with Crippen LogP contribution in [0.4, 0.5) is 27.9 Å². The first-order valence-electron chi connectivity index (χ1n) is 34.4. The predicted octanol–water partition coefficient (Wildman–Crippen LogP) is 14.5. The number of carbonyl (C=O) groups excluding carboxylic acids is 4. The van der Waals surface area contributed by atoms with E-state index in [0.717, 1.165) is 115 Å². The van der Waals surface area contributed by atoms with E-state index in [1.54, 1.807) is 64.5 Å². The zero-order valence-electron chi connectivity index (χ0n) is 56.5. The fraction of sp³-hybridized carbons (Fsp3) is 0.486. The SMILES string of the molecule is CC(O)c1ccc(N2C(=O)CC[C@@H]2C/C=C\CCCC(=O)O)o1.CCc1ccc(N2C(=O)CC[C@@H]2COCc2ncc(C(=O)O)s2)cc1.O=C(O)CCCCCC[C@H]1CCC(=O)N1c1ccc(C(O)C2CCCC2)s1.[C-]#[N+]c1ccccc1N1C(=O)CC[C@@H]1Cc1ccc(OCC(=O)O)s1. The van der Waals surface area contributed by atoms with E-state index < -0.39 is 36.1 Å². The largest absolute Gasteiger partial charge is 0.481 e. The molecule has 6 atom stereocenters. The Morgan fingerprint density at radius 3 is 2.01 bits per heavy atom. The van der Waals surface area contributed by atoms with Crippen LogP contribution in [0.5, 0.6) is 5.06 Å². The van der Waals surface area contributed by atoms with E-state index in [4.69, 9.17) is 40.9 Å². The number of furan rings is 1. The van der Waals surface area contributed by atoms with Gasteiger partial charge in [-0.2, -0.15) is 0 Å². The molecule has 23 nitrogen and oxygen atoms in total. The number of aromatic nitrogens is 1. The van der Waals surface area contributed by atoms with Crippen LogP contribution in [0.3, 0.4) is 0 Å². The lowest BCUT2D eigenvalue weighted by molar-refractivity contribution is -0.139. The molecular weight excluding hydrogens is 1340 g/mol. The highest BCUT2D eigenvalue weighted by atomic mass is 32.1. The van der Waals surface area contributed by atoms with Gasteiger partial charge in [0, 0.05) is 90.3 Å². The second-order valence-corrected chi connectivity index (χ2v) is 28.7. The number of anilines is 4. The summed E-state index contributed by atoms with van der Waals surface area (Å²) in [5.74, 6) is -1.85. The lowest BCUT2D eigenvalue weighted by atomic mass is 10.00. The first-order chi connectivity index (χ1) is 48.2. The maximum atomic E-state index is 12.4. The number of carboxylic acids is 4. The van der Waals surface area contributed by atoms with Crippen LogP contribution in [0.25, 0.3) is 4.85 Å². The summed E-state index contributed by atoms with van der Waals surface area (Å²) in [5.41, 5.74) is 3.26. The molecule has 5 aliphatic rings. The topological polar surface area (TPSA) is 320 Å². The van der Waals surface area contributed by atoms with Crippen LogP contribution >= 0.6 is 34.0 Å². The van der Waals surface area contributed by atoms with Gasteiger partial charge in [0.05, 0.1) is 43.1 Å². The Balaban J connectivity index is 0.000000170. The van der Waals surface area contributed by atoms with Crippen molar-refractivity contribution >= 4 is 109 Å². The van der Waals surface area contributed by atoms with Gasteiger partial charge < -0.3 is 59.2 Å². The number of ether oxygens (including phenoxy) is 2. The summed E-state index contributed by atoms with van der Waals surface area (Å²) in [4.78, 5) is 108. The summed E-state index contributed by atoms with van der Waals surface area (Å²) in [6, 6.07) is 26.5. The van der Waals surface area contributed by atoms with Crippen LogP contribution in [0.2, 0.25) is 0 Å². The molecule has 4 amide bonds. The van der Waals surface area contributed by atoms with Gasteiger partial charge >= 0.3 is 23.9 Å². The number of allylic oxidation sites excluding steroid dienone is 1. The van der Waals surface area contributed by atoms with Crippen molar-refractivity contribution in [3.05, 3.63) is 146 Å². The maximum absolute atomic E-state index is 12.4. The van der Waals surface area contributed by atoms with Gasteiger partial charge in [-0.1, -0.05) is 81.5 Å². The Hall–Kier alpha value is -8.58. The van der Waals surface area contributed by atoms with Crippen LogP contribution in [0.1, 0.15) is 203 Å². The number of para-hydroxylation sites is 2. The molecule has 4 aromatic heterocycles. The third-order valence-corrected chi connectivity index (χ3v) is 21.3. The number of aryl methyl sites for hydroxylation is 1. The van der Waals surface area contributed by atoms with Gasteiger partial charge in [-0.15, -0.1) is 34.0 Å². The average molecular weight is 1430 g/mol. The number of benzene rings is 2. The monoisotopic (exact) mass is 1430 g/mol. The van der Waals surface area contributed by atoms with Crippen molar-refractivity contribution < 1.29 is 82.9 Å². The molecule has 8 heterocycles. The molecule has 6 aromatic rings. The number of thiophene rings is 2. The molecule has 1 saturated carbocycles. The Morgan fingerprint density at radius 2 is 1.34 bits per heavy atom. The number of carbonyl (C=O) groups is 8. The van der Waals surface area contributed by atoms with E-state index in [1.165, 1.54) is 35.9 Å². The number of aliphatic carboxylic acids is 3. The lowest BCUT2D eigenvalue weighted by Gasteiger charge is -2.25. The molecule has 0 radical (unpaired) electrons. The number of aliphatic hydroxyl groups is 2. The quantitative estimate of drug-likeness (QED) is 0.0134. The fourth-order valence-electron chi connectivity index (χ4n) is 13.0. The van der Waals surface area contributed by atoms with E-state index in [0.29, 0.717) is 90.6 Å². The minimum Gasteiger partial charge on any atom is -0.481 e. The van der Waals surface area contributed by atoms with E-state index in [1.807, 2.05) is 70.5 Å². The number of amides is 4. The van der Waals surface area contributed by atoms with Gasteiger partial charge in [0.15, 0.2) is 11.7 Å². The number of carboxylic acid groups (broad SMARTS) is 4. The summed E-state index contributed by atoms with van der Waals surface area (Å²) < 4.78 is 16.4. The minimum atomic E-state index is -1.02. The van der Waals surface area contributed by atoms with Crippen molar-refractivity contribution in [3.8, 4) is 5.06 Å². The Kier molecular flexibility index (Phi) is 30.0. The molecule has 0 spiro atoms. The third-order valence-electron chi connectivity index (χ3n) is 18.2. The van der Waals surface area contributed by atoms with Gasteiger partial charge in [-0.25, -0.2) is 19.4 Å². The zero-order chi connectivity index (χ0) is 71.7. The number of hydrogen-bond donors (Lipinski definition) is 6. The highest BCUT2D eigenvalue weighted by Crippen LogP contribution is 2.43. The molecule has 4 aliphatic heterocycles. The number of nitrogens with zero attached hydrogens (tertiary/aromatic N) is 6. The molecule has 26 heteroatoms. The molecule has 1 aliphatic carbocycles. The minimum absolute atomic E-state index is 0.00103. The van der Waals surface area contributed by atoms with Crippen molar-refractivity contribution in [2.24, 2.45) is 5.92 Å². The third kappa shape index (κ3) is 22.5. The standard InChI is InChI=1S/C21H31NO4S.C18H16N2O4S.C18H20N2O4S.C17H23NO5/c23-18-13-11-16(9-3-1-2-4-10-20(24)25)22(18)19-14-12-17(27-19)21(26)15-7-5-6-8-15;1-19-14-4-2-3-5-15(14)20-12(6-8-16(20)21)10-13-7-9-18(25-13)24-11-17(22)23;1-2-12-3-5-13(6-4-12)20-14(7-8-17(20)21)10-24-11-16-19-9-15(25-16)18(22)23;1-12(19)14-9-11-16(23-14)18-13(8-10-15(18)20)6-4-2-3-5-7-17(21)22/h12,14-16,21,26H,1-11,13H2,(H,24,25);2-5,7,9,12H,6,8,10-11H2,(H,22,23);3-6,9,14H,2,7-8,10-11H2,1H3,(H,22,23);2,4,9,11-13,19H,3,5-8,10H2,1H3,(H,21,22)/b;;;4-2-/t16-,21?;12-;14-;12?,13-/m0110/s1. The Bertz CT molecular complexity index is 3770. The smallest absolute Gasteiger partial charge is 0.347 e. The van der Waals surface area contributed by atoms with Gasteiger partial charge in [0.1, 0.15) is 21.7 Å². The molecule has 2 aromatic carbocycles. The molecule has 4 saturated heterocycles. The summed E-state index contributed by atoms with van der Waals surface area (Å²) in [7, 11) is 0. The van der Waals surface area contributed by atoms with Crippen LogP contribution in [-0.2, 0) is 57.7 Å². The van der Waals surface area contributed by atoms with E-state index >= 15 is 0 Å². The first-order valence-corrected chi connectivity index (χ1v) is 36.8. The Labute approximate surface area is 594 Å². The van der Waals surface area contributed by atoms with Crippen molar-refractivity contribution in [3.63, 3.8) is 0 Å². The summed E-state index contributed by atoms with van der Waals surface area (Å²) in [6.07, 6.45) is 22.8. The Morgan fingerprint density at radius 1 is 0.680 bits per heavy atom. The predicted molar refractivity (Wildman–Crippen MR) is 382 cm³/mol. The van der Waals surface area contributed by atoms with E-state index in [-0.39, 0.29) is 78.7 Å². The highest BCUT2D eigenvalue weighted by molar-refractivity contribution is 7.16. The fourth-order valence-corrected chi connectivity index (χ4v) is 15.8. The van der Waals surface area contributed by atoms with Crippen LogP contribution in [0, 0.1) is 12.5 Å². The molecule has 6 N–H and O–H groups in total. The molecule has 2 unspecified atom stereocenters.